The van der Waals surface area contributed by atoms with Crippen LogP contribution < -0.4 is 10.6 Å². The maximum Gasteiger partial charge on any atom is 0.408 e. The first kappa shape index (κ1) is 30.9. The van der Waals surface area contributed by atoms with E-state index >= 15 is 0 Å². The van der Waals surface area contributed by atoms with Crippen molar-refractivity contribution in [3.63, 3.8) is 0 Å². The number of nitrogens with one attached hydrogen (secondary N) is 2. The summed E-state index contributed by atoms with van der Waals surface area (Å²) in [6.45, 7) is 13.3. The lowest BCUT2D eigenvalue weighted by Gasteiger charge is -2.32. The molecule has 1 atom stereocenters. The average molecular weight is 506 g/mol. The first-order chi connectivity index (χ1) is 16.9. The quantitative estimate of drug-likeness (QED) is 0.310. The molecule has 0 heterocycles. The van der Waals surface area contributed by atoms with E-state index in [1.807, 2.05) is 32.0 Å². The molecule has 0 radical (unpaired) electrons. The second-order valence-electron chi connectivity index (χ2n) is 9.74. The molecule has 36 heavy (non-hydrogen) atoms. The molecule has 1 aromatic rings. The number of carbonyl (C=O) groups is 4. The van der Waals surface area contributed by atoms with Crippen LogP contribution in [0.25, 0.3) is 0 Å². The summed E-state index contributed by atoms with van der Waals surface area (Å²) >= 11 is 0. The zero-order valence-electron chi connectivity index (χ0n) is 22.9. The van der Waals surface area contributed by atoms with Crippen LogP contribution in [0.4, 0.5) is 4.79 Å². The van der Waals surface area contributed by atoms with Crippen LogP contribution in [0.15, 0.2) is 18.2 Å². The highest BCUT2D eigenvalue weighted by molar-refractivity contribution is 5.90. The zero-order valence-corrected chi connectivity index (χ0v) is 22.9. The summed E-state index contributed by atoms with van der Waals surface area (Å²) < 4.78 is 10.2. The summed E-state index contributed by atoms with van der Waals surface area (Å²) in [5.41, 5.74) is 2.02. The van der Waals surface area contributed by atoms with Gasteiger partial charge in [-0.15, -0.1) is 0 Å². The van der Waals surface area contributed by atoms with Gasteiger partial charge in [0.05, 0.1) is 13.0 Å². The molecule has 3 amide bonds. The fourth-order valence-corrected chi connectivity index (χ4v) is 3.52. The molecule has 0 saturated carbocycles. The van der Waals surface area contributed by atoms with Crippen molar-refractivity contribution in [2.45, 2.75) is 85.8 Å². The Hall–Kier alpha value is -3.10. The van der Waals surface area contributed by atoms with Gasteiger partial charge in [-0.25, -0.2) is 4.79 Å². The normalized spacial score (nSPS) is 11.9. The zero-order chi connectivity index (χ0) is 27.3. The summed E-state index contributed by atoms with van der Waals surface area (Å²) in [5, 5.41) is 5.28. The molecule has 0 aliphatic rings. The van der Waals surface area contributed by atoms with E-state index in [4.69, 9.17) is 9.47 Å². The smallest absolute Gasteiger partial charge is 0.408 e. The number of hydrogen-bond donors (Lipinski definition) is 2. The summed E-state index contributed by atoms with van der Waals surface area (Å²) in [5.74, 6) is -1.21. The van der Waals surface area contributed by atoms with E-state index < -0.39 is 35.5 Å². The lowest BCUT2D eigenvalue weighted by Crippen LogP contribution is -2.48. The predicted octanol–water partition coefficient (Wildman–Crippen LogP) is 3.96. The van der Waals surface area contributed by atoms with Crippen molar-refractivity contribution in [3.8, 4) is 0 Å². The first-order valence-corrected chi connectivity index (χ1v) is 12.7. The molecule has 0 bridgehead atoms. The molecule has 1 unspecified atom stereocenters. The molecule has 0 fully saturated rings. The van der Waals surface area contributed by atoms with Crippen LogP contribution in [0.1, 0.15) is 83.0 Å². The first-order valence-electron chi connectivity index (χ1n) is 12.7. The molecule has 202 valence electrons. The molecule has 2 N–H and O–H groups in total. The fourth-order valence-electron chi connectivity index (χ4n) is 3.52. The molecular weight excluding hydrogens is 462 g/mol. The summed E-state index contributed by atoms with van der Waals surface area (Å²) in [6, 6.07) is 4.72. The number of amides is 3. The molecule has 0 aliphatic carbocycles. The standard InChI is InChI=1S/C27H43N3O6/c1-8-10-11-16-30(22(31)18-29-26(34)36-27(5,6)7)24(21-13-12-19(3)20(4)17-21)25(33)28-15-14-23(32)35-9-2/h12-13,17,24H,8-11,14-16,18H2,1-7H3,(H,28,33)(H,29,34). The Morgan fingerprint density at radius 1 is 1.00 bits per heavy atom. The number of carbonyl (C=O) groups excluding carboxylic acids is 4. The van der Waals surface area contributed by atoms with Crippen LogP contribution >= 0.6 is 0 Å². The lowest BCUT2D eigenvalue weighted by molar-refractivity contribution is -0.143. The van der Waals surface area contributed by atoms with E-state index in [0.717, 1.165) is 24.0 Å². The number of aryl methyl sites for hydroxylation is 2. The van der Waals surface area contributed by atoms with Crippen molar-refractivity contribution in [1.82, 2.24) is 15.5 Å². The molecule has 0 aromatic heterocycles. The monoisotopic (exact) mass is 505 g/mol. The van der Waals surface area contributed by atoms with Crippen molar-refractivity contribution in [2.75, 3.05) is 26.2 Å². The van der Waals surface area contributed by atoms with E-state index in [9.17, 15) is 19.2 Å². The Labute approximate surface area is 215 Å². The van der Waals surface area contributed by atoms with Crippen LogP contribution in [0.3, 0.4) is 0 Å². The third-order valence-corrected chi connectivity index (χ3v) is 5.45. The minimum absolute atomic E-state index is 0.0310. The van der Waals surface area contributed by atoms with Gasteiger partial charge in [0.15, 0.2) is 0 Å². The van der Waals surface area contributed by atoms with Crippen LogP contribution in [0.2, 0.25) is 0 Å². The SMILES string of the molecule is CCCCCN(C(=O)CNC(=O)OC(C)(C)C)C(C(=O)NCCC(=O)OCC)c1ccc(C)c(C)c1. The minimum atomic E-state index is -0.920. The largest absolute Gasteiger partial charge is 0.466 e. The predicted molar refractivity (Wildman–Crippen MR) is 138 cm³/mol. The van der Waals surface area contributed by atoms with E-state index in [1.165, 1.54) is 4.90 Å². The summed E-state index contributed by atoms with van der Waals surface area (Å²) in [7, 11) is 0. The van der Waals surface area contributed by atoms with Crippen LogP contribution in [-0.4, -0.2) is 60.6 Å². The van der Waals surface area contributed by atoms with Gasteiger partial charge in [-0.2, -0.15) is 0 Å². The highest BCUT2D eigenvalue weighted by Crippen LogP contribution is 2.25. The van der Waals surface area contributed by atoms with Crippen LogP contribution in [0.5, 0.6) is 0 Å². The number of ether oxygens (including phenoxy) is 2. The average Bonchev–Trinajstić information content (AvgIpc) is 2.78. The van der Waals surface area contributed by atoms with Gasteiger partial charge in [0, 0.05) is 13.1 Å². The third-order valence-electron chi connectivity index (χ3n) is 5.45. The molecule has 0 aliphatic heterocycles. The van der Waals surface area contributed by atoms with Gasteiger partial charge in [0.2, 0.25) is 11.8 Å². The number of nitrogens with zero attached hydrogens (tertiary/aromatic N) is 1. The Kier molecular flexibility index (Phi) is 13.0. The van der Waals surface area contributed by atoms with Gasteiger partial charge in [0.1, 0.15) is 18.2 Å². The number of alkyl carbamates (subject to hydrolysis) is 1. The summed E-state index contributed by atoms with van der Waals surface area (Å²) in [6.07, 6.45) is 1.85. The third kappa shape index (κ3) is 11.1. The Morgan fingerprint density at radius 3 is 2.28 bits per heavy atom. The van der Waals surface area contributed by atoms with Crippen molar-refractivity contribution in [2.24, 2.45) is 0 Å². The molecule has 1 rings (SSSR count). The van der Waals surface area contributed by atoms with Gasteiger partial charge >= 0.3 is 12.1 Å². The number of esters is 1. The van der Waals surface area contributed by atoms with E-state index in [2.05, 4.69) is 17.6 Å². The molecule has 0 spiro atoms. The van der Waals surface area contributed by atoms with Crippen molar-refractivity contribution in [1.29, 1.82) is 0 Å². The van der Waals surface area contributed by atoms with Crippen molar-refractivity contribution < 1.29 is 28.7 Å². The lowest BCUT2D eigenvalue weighted by atomic mass is 9.98. The molecule has 9 nitrogen and oxygen atoms in total. The number of rotatable bonds is 13. The van der Waals surface area contributed by atoms with Gasteiger partial charge in [-0.3, -0.25) is 14.4 Å². The Balaban J connectivity index is 3.19. The molecule has 0 saturated heterocycles. The van der Waals surface area contributed by atoms with Gasteiger partial charge in [-0.1, -0.05) is 38.0 Å². The number of unbranched alkanes of at least 4 members (excludes halogenated alkanes) is 2. The highest BCUT2D eigenvalue weighted by Gasteiger charge is 2.31. The number of benzene rings is 1. The van der Waals surface area contributed by atoms with Crippen molar-refractivity contribution in [3.05, 3.63) is 34.9 Å². The van der Waals surface area contributed by atoms with Crippen LogP contribution in [0, 0.1) is 13.8 Å². The van der Waals surface area contributed by atoms with Crippen molar-refractivity contribution >= 4 is 23.9 Å². The molecule has 9 heteroatoms. The van der Waals surface area contributed by atoms with E-state index in [0.29, 0.717) is 18.5 Å². The maximum absolute atomic E-state index is 13.4. The van der Waals surface area contributed by atoms with Crippen LogP contribution in [-0.2, 0) is 23.9 Å². The van der Waals surface area contributed by atoms with Gasteiger partial charge in [-0.05, 0) is 64.7 Å². The van der Waals surface area contributed by atoms with Gasteiger partial charge < -0.3 is 25.0 Å². The molecule has 1 aromatic carbocycles. The number of hydrogen-bond acceptors (Lipinski definition) is 6. The van der Waals surface area contributed by atoms with Gasteiger partial charge in [0.25, 0.3) is 0 Å². The topological polar surface area (TPSA) is 114 Å². The second kappa shape index (κ2) is 15.1. The Morgan fingerprint density at radius 2 is 1.69 bits per heavy atom. The maximum atomic E-state index is 13.4. The van der Waals surface area contributed by atoms with E-state index in [1.54, 1.807) is 27.7 Å². The van der Waals surface area contributed by atoms with E-state index in [-0.39, 0.29) is 26.1 Å². The summed E-state index contributed by atoms with van der Waals surface area (Å²) in [4.78, 5) is 52.1. The fraction of sp³-hybridized carbons (Fsp3) is 0.630. The highest BCUT2D eigenvalue weighted by atomic mass is 16.6. The second-order valence-corrected chi connectivity index (χ2v) is 9.74. The minimum Gasteiger partial charge on any atom is -0.466 e. The molecular formula is C27H43N3O6. The Bertz CT molecular complexity index is 894.